The second kappa shape index (κ2) is 6.70. The van der Waals surface area contributed by atoms with Crippen molar-refractivity contribution in [3.05, 3.63) is 17.5 Å². The Bertz CT molecular complexity index is 424. The van der Waals surface area contributed by atoms with E-state index in [1.807, 2.05) is 27.8 Å². The molecule has 0 aliphatic rings. The number of rotatable bonds is 7. The Labute approximate surface area is 115 Å². The maximum absolute atomic E-state index is 12.0. The smallest absolute Gasteiger partial charge is 0.254 e. The zero-order valence-electron chi connectivity index (χ0n) is 12.4. The van der Waals surface area contributed by atoms with Gasteiger partial charge in [-0.05, 0) is 24.7 Å². The first-order chi connectivity index (χ1) is 8.89. The lowest BCUT2D eigenvalue weighted by molar-refractivity contribution is 0.0947. The van der Waals surface area contributed by atoms with E-state index in [9.17, 15) is 4.79 Å². The Balaban J connectivity index is 2.43. The van der Waals surface area contributed by atoms with Crippen LogP contribution in [0.25, 0.3) is 0 Å². The Kier molecular flexibility index (Phi) is 5.54. The van der Waals surface area contributed by atoms with Crippen molar-refractivity contribution in [1.82, 2.24) is 15.1 Å². The predicted octanol–water partition coefficient (Wildman–Crippen LogP) is 1.51. The molecule has 1 aromatic heterocycles. The van der Waals surface area contributed by atoms with Crippen molar-refractivity contribution in [3.8, 4) is 0 Å². The van der Waals surface area contributed by atoms with Crippen LogP contribution in [0.3, 0.4) is 0 Å². The second-order valence-corrected chi connectivity index (χ2v) is 5.70. The summed E-state index contributed by atoms with van der Waals surface area (Å²) in [5, 5.41) is 16.3. The summed E-state index contributed by atoms with van der Waals surface area (Å²) in [7, 11) is 1.82. The fourth-order valence-corrected chi connectivity index (χ4v) is 1.93. The summed E-state index contributed by atoms with van der Waals surface area (Å²) in [6, 6.07) is 0. The highest BCUT2D eigenvalue weighted by molar-refractivity contribution is 5.95. The van der Waals surface area contributed by atoms with Crippen molar-refractivity contribution < 1.29 is 9.90 Å². The van der Waals surface area contributed by atoms with Gasteiger partial charge in [0.25, 0.3) is 5.91 Å². The SMILES string of the molecule is CCc1nn(C)cc1C(=O)NCCCC(C)(C)CO. The quantitative estimate of drug-likeness (QED) is 0.736. The fraction of sp³-hybridized carbons (Fsp3) is 0.714. The molecule has 0 spiro atoms. The molecule has 0 aliphatic heterocycles. The minimum absolute atomic E-state index is 0.0632. The minimum atomic E-state index is -0.0758. The normalized spacial score (nSPS) is 11.6. The predicted molar refractivity (Wildman–Crippen MR) is 75.0 cm³/mol. The molecule has 108 valence electrons. The molecule has 0 unspecified atom stereocenters. The summed E-state index contributed by atoms with van der Waals surface area (Å²) in [5.41, 5.74) is 1.41. The lowest BCUT2D eigenvalue weighted by Crippen LogP contribution is -2.26. The number of carbonyl (C=O) groups is 1. The van der Waals surface area contributed by atoms with Gasteiger partial charge in [-0.25, -0.2) is 0 Å². The van der Waals surface area contributed by atoms with Gasteiger partial charge < -0.3 is 10.4 Å². The average Bonchev–Trinajstić information content (AvgIpc) is 2.76. The number of aliphatic hydroxyl groups excluding tert-OH is 1. The van der Waals surface area contributed by atoms with Gasteiger partial charge in [0, 0.05) is 26.4 Å². The highest BCUT2D eigenvalue weighted by Crippen LogP contribution is 2.20. The number of amides is 1. The van der Waals surface area contributed by atoms with Crippen molar-refractivity contribution in [2.45, 2.75) is 40.0 Å². The molecule has 1 heterocycles. The molecular formula is C14H25N3O2. The molecule has 0 fully saturated rings. The molecule has 0 aromatic carbocycles. The Morgan fingerprint density at radius 1 is 1.53 bits per heavy atom. The summed E-state index contributed by atoms with van der Waals surface area (Å²) in [5.74, 6) is -0.0632. The van der Waals surface area contributed by atoms with Gasteiger partial charge in [-0.2, -0.15) is 5.10 Å². The number of nitrogens with one attached hydrogen (secondary N) is 1. The Morgan fingerprint density at radius 2 is 2.21 bits per heavy atom. The van der Waals surface area contributed by atoms with Gasteiger partial charge >= 0.3 is 0 Å². The number of hydrogen-bond donors (Lipinski definition) is 2. The standard InChI is InChI=1S/C14H25N3O2/c1-5-12-11(9-17(4)16-12)13(19)15-8-6-7-14(2,3)10-18/h9,18H,5-8,10H2,1-4H3,(H,15,19). The largest absolute Gasteiger partial charge is 0.396 e. The number of aromatic nitrogens is 2. The number of hydrogen-bond acceptors (Lipinski definition) is 3. The van der Waals surface area contributed by atoms with E-state index in [0.717, 1.165) is 25.0 Å². The van der Waals surface area contributed by atoms with Gasteiger partial charge in [0.1, 0.15) is 0 Å². The zero-order valence-corrected chi connectivity index (χ0v) is 12.4. The van der Waals surface area contributed by atoms with Crippen LogP contribution in [-0.2, 0) is 13.5 Å². The topological polar surface area (TPSA) is 67.2 Å². The van der Waals surface area contributed by atoms with E-state index in [1.165, 1.54) is 0 Å². The molecule has 0 atom stereocenters. The van der Waals surface area contributed by atoms with Crippen LogP contribution in [0.5, 0.6) is 0 Å². The Morgan fingerprint density at radius 3 is 2.79 bits per heavy atom. The summed E-state index contributed by atoms with van der Waals surface area (Å²) in [4.78, 5) is 12.0. The van der Waals surface area contributed by atoms with Gasteiger partial charge in [0.15, 0.2) is 0 Å². The molecule has 1 amide bonds. The Hall–Kier alpha value is -1.36. The second-order valence-electron chi connectivity index (χ2n) is 5.70. The molecule has 1 rings (SSSR count). The number of nitrogens with zero attached hydrogens (tertiary/aromatic N) is 2. The first kappa shape index (κ1) is 15.7. The summed E-state index contributed by atoms with van der Waals surface area (Å²) in [6.45, 7) is 6.82. The third-order valence-electron chi connectivity index (χ3n) is 3.23. The van der Waals surface area contributed by atoms with E-state index >= 15 is 0 Å². The van der Waals surface area contributed by atoms with E-state index < -0.39 is 0 Å². The maximum atomic E-state index is 12.0. The van der Waals surface area contributed by atoms with Crippen LogP contribution in [0.1, 0.15) is 49.7 Å². The van der Waals surface area contributed by atoms with Crippen molar-refractivity contribution in [2.24, 2.45) is 12.5 Å². The molecule has 0 bridgehead atoms. The third-order valence-corrected chi connectivity index (χ3v) is 3.23. The van der Waals surface area contributed by atoms with Gasteiger partial charge in [-0.1, -0.05) is 20.8 Å². The first-order valence-electron chi connectivity index (χ1n) is 6.81. The van der Waals surface area contributed by atoms with Gasteiger partial charge in [-0.15, -0.1) is 0 Å². The van der Waals surface area contributed by atoms with Crippen LogP contribution in [0.15, 0.2) is 6.20 Å². The van der Waals surface area contributed by atoms with E-state index in [1.54, 1.807) is 10.9 Å². The molecule has 5 nitrogen and oxygen atoms in total. The van der Waals surface area contributed by atoms with Crippen LogP contribution in [0.4, 0.5) is 0 Å². The molecule has 5 heteroatoms. The minimum Gasteiger partial charge on any atom is -0.396 e. The average molecular weight is 267 g/mol. The molecule has 0 saturated carbocycles. The lowest BCUT2D eigenvalue weighted by Gasteiger charge is -2.21. The summed E-state index contributed by atoms with van der Waals surface area (Å²) < 4.78 is 1.67. The van der Waals surface area contributed by atoms with Crippen molar-refractivity contribution in [2.75, 3.05) is 13.2 Å². The monoisotopic (exact) mass is 267 g/mol. The van der Waals surface area contributed by atoms with E-state index in [0.29, 0.717) is 12.1 Å². The van der Waals surface area contributed by atoms with Crippen molar-refractivity contribution in [3.63, 3.8) is 0 Å². The zero-order chi connectivity index (χ0) is 14.5. The van der Waals surface area contributed by atoms with Crippen LogP contribution in [0, 0.1) is 5.41 Å². The van der Waals surface area contributed by atoms with E-state index in [2.05, 4.69) is 10.4 Å². The van der Waals surface area contributed by atoms with Gasteiger partial charge in [0.2, 0.25) is 0 Å². The van der Waals surface area contributed by atoms with Crippen LogP contribution >= 0.6 is 0 Å². The lowest BCUT2D eigenvalue weighted by atomic mass is 9.89. The molecule has 2 N–H and O–H groups in total. The summed E-state index contributed by atoms with van der Waals surface area (Å²) in [6.07, 6.45) is 4.26. The van der Waals surface area contributed by atoms with Crippen molar-refractivity contribution >= 4 is 5.91 Å². The van der Waals surface area contributed by atoms with Crippen LogP contribution in [0.2, 0.25) is 0 Å². The number of carbonyl (C=O) groups excluding carboxylic acids is 1. The third kappa shape index (κ3) is 4.67. The maximum Gasteiger partial charge on any atom is 0.254 e. The molecular weight excluding hydrogens is 242 g/mol. The molecule has 0 saturated heterocycles. The molecule has 1 aromatic rings. The highest BCUT2D eigenvalue weighted by Gasteiger charge is 2.17. The van der Waals surface area contributed by atoms with Crippen LogP contribution in [-0.4, -0.2) is 33.9 Å². The number of aryl methyl sites for hydroxylation is 2. The highest BCUT2D eigenvalue weighted by atomic mass is 16.3. The van der Waals surface area contributed by atoms with Gasteiger partial charge in [0.05, 0.1) is 11.3 Å². The number of aliphatic hydroxyl groups is 1. The molecule has 0 aliphatic carbocycles. The van der Waals surface area contributed by atoms with E-state index in [-0.39, 0.29) is 17.9 Å². The van der Waals surface area contributed by atoms with Crippen molar-refractivity contribution in [1.29, 1.82) is 0 Å². The molecule has 0 radical (unpaired) electrons. The summed E-state index contributed by atoms with van der Waals surface area (Å²) >= 11 is 0. The fourth-order valence-electron chi connectivity index (χ4n) is 1.93. The van der Waals surface area contributed by atoms with E-state index in [4.69, 9.17) is 5.11 Å². The first-order valence-corrected chi connectivity index (χ1v) is 6.81. The van der Waals surface area contributed by atoms with Crippen LogP contribution < -0.4 is 5.32 Å². The molecule has 19 heavy (non-hydrogen) atoms. The van der Waals surface area contributed by atoms with Gasteiger partial charge in [-0.3, -0.25) is 9.48 Å².